The van der Waals surface area contributed by atoms with Gasteiger partial charge in [-0.05, 0) is 88.1 Å². The maximum absolute atomic E-state index is 6.10. The Kier molecular flexibility index (Phi) is 5.25. The predicted molar refractivity (Wildman–Crippen MR) is 124 cm³/mol. The van der Waals surface area contributed by atoms with E-state index in [9.17, 15) is 0 Å². The maximum Gasteiger partial charge on any atom is 0.0375 e. The number of hydrogen-bond donors (Lipinski definition) is 1. The second-order valence-electron chi connectivity index (χ2n) is 9.39. The number of benzene rings is 3. The van der Waals surface area contributed by atoms with Crippen molar-refractivity contribution >= 4 is 11.4 Å². The second kappa shape index (κ2) is 7.35. The molecule has 0 radical (unpaired) electrons. The molecule has 0 aliphatic heterocycles. The van der Waals surface area contributed by atoms with Crippen molar-refractivity contribution in [3.05, 3.63) is 72.8 Å². The van der Waals surface area contributed by atoms with E-state index >= 15 is 0 Å². The smallest absolute Gasteiger partial charge is 0.0375 e. The van der Waals surface area contributed by atoms with Gasteiger partial charge in [-0.3, -0.25) is 0 Å². The molecule has 0 fully saturated rings. The van der Waals surface area contributed by atoms with Crippen molar-refractivity contribution in [1.82, 2.24) is 0 Å². The van der Waals surface area contributed by atoms with Crippen LogP contribution < -0.4 is 10.6 Å². The van der Waals surface area contributed by atoms with Gasteiger partial charge in [0.2, 0.25) is 0 Å². The average molecular weight is 373 g/mol. The molecule has 0 saturated heterocycles. The average Bonchev–Trinajstić information content (AvgIpc) is 2.61. The molecule has 0 unspecified atom stereocenters. The third-order valence-corrected chi connectivity index (χ3v) is 4.91. The van der Waals surface area contributed by atoms with Gasteiger partial charge in [0, 0.05) is 22.5 Å². The topological polar surface area (TPSA) is 29.3 Å². The van der Waals surface area contributed by atoms with Crippen LogP contribution in [0.3, 0.4) is 0 Å². The third-order valence-electron chi connectivity index (χ3n) is 4.91. The fraction of sp³-hybridized carbons (Fsp3) is 0.308. The monoisotopic (exact) mass is 372 g/mol. The summed E-state index contributed by atoms with van der Waals surface area (Å²) < 4.78 is 0. The summed E-state index contributed by atoms with van der Waals surface area (Å²) in [5.74, 6) is 0. The van der Waals surface area contributed by atoms with Crippen molar-refractivity contribution in [2.45, 2.75) is 52.6 Å². The second-order valence-corrected chi connectivity index (χ2v) is 9.39. The molecule has 0 amide bonds. The van der Waals surface area contributed by atoms with Crippen LogP contribution in [0.2, 0.25) is 0 Å². The van der Waals surface area contributed by atoms with Gasteiger partial charge in [-0.25, -0.2) is 0 Å². The number of hydrogen-bond acceptors (Lipinski definition) is 2. The lowest BCUT2D eigenvalue weighted by Gasteiger charge is -2.47. The minimum atomic E-state index is 0.0379. The van der Waals surface area contributed by atoms with Gasteiger partial charge in [-0.2, -0.15) is 0 Å². The highest BCUT2D eigenvalue weighted by molar-refractivity contribution is 5.86. The summed E-state index contributed by atoms with van der Waals surface area (Å²) in [4.78, 5) is 2.48. The molecular formula is C26H32N2. The number of nitrogen functional groups attached to an aromatic ring is 1. The summed E-state index contributed by atoms with van der Waals surface area (Å²) in [5.41, 5.74) is 12.9. The quantitative estimate of drug-likeness (QED) is 0.501. The Morgan fingerprint density at radius 2 is 1.14 bits per heavy atom. The Morgan fingerprint density at radius 3 is 1.68 bits per heavy atom. The molecule has 3 aromatic carbocycles. The van der Waals surface area contributed by atoms with Crippen LogP contribution in [0.5, 0.6) is 0 Å². The van der Waals surface area contributed by atoms with Crippen molar-refractivity contribution in [2.75, 3.05) is 10.6 Å². The number of anilines is 2. The van der Waals surface area contributed by atoms with E-state index in [0.717, 1.165) is 11.3 Å². The number of nitrogens with two attached hydrogens (primary N) is 1. The molecule has 3 rings (SSSR count). The Bertz CT molecular complexity index is 913. The van der Waals surface area contributed by atoms with Gasteiger partial charge in [0.15, 0.2) is 0 Å². The van der Waals surface area contributed by atoms with Gasteiger partial charge < -0.3 is 10.6 Å². The minimum absolute atomic E-state index is 0.0379. The van der Waals surface area contributed by atoms with Gasteiger partial charge in [-0.1, -0.05) is 48.5 Å². The van der Waals surface area contributed by atoms with Gasteiger partial charge in [-0.15, -0.1) is 0 Å². The molecule has 0 atom stereocenters. The fourth-order valence-corrected chi connectivity index (χ4v) is 4.24. The van der Waals surface area contributed by atoms with Gasteiger partial charge in [0.05, 0.1) is 0 Å². The van der Waals surface area contributed by atoms with Crippen LogP contribution >= 0.6 is 0 Å². The molecule has 0 heterocycles. The molecule has 146 valence electrons. The summed E-state index contributed by atoms with van der Waals surface area (Å²) in [6.07, 6.45) is 0. The molecule has 0 aliphatic carbocycles. The molecule has 2 heteroatoms. The summed E-state index contributed by atoms with van der Waals surface area (Å²) >= 11 is 0. The number of nitrogens with zero attached hydrogens (tertiary/aromatic N) is 1. The van der Waals surface area contributed by atoms with Gasteiger partial charge in [0.25, 0.3) is 0 Å². The molecule has 0 saturated carbocycles. The SMILES string of the molecule is CC(C)(C)N(c1ccc(-c2ccc(N)cc2-c2ccccc2)cc1)C(C)(C)C. The van der Waals surface area contributed by atoms with Crippen LogP contribution in [0.1, 0.15) is 41.5 Å². The fourth-order valence-electron chi connectivity index (χ4n) is 4.24. The number of rotatable bonds is 3. The zero-order chi connectivity index (χ0) is 20.5. The Balaban J connectivity index is 2.06. The highest BCUT2D eigenvalue weighted by Crippen LogP contribution is 2.37. The van der Waals surface area contributed by atoms with Crippen molar-refractivity contribution in [2.24, 2.45) is 0 Å². The highest BCUT2D eigenvalue weighted by atomic mass is 15.2. The molecule has 0 aromatic heterocycles. The van der Waals surface area contributed by atoms with Crippen LogP contribution in [-0.2, 0) is 0 Å². The van der Waals surface area contributed by atoms with Crippen molar-refractivity contribution in [1.29, 1.82) is 0 Å². The summed E-state index contributed by atoms with van der Waals surface area (Å²) in [6.45, 7) is 13.6. The van der Waals surface area contributed by atoms with E-state index in [4.69, 9.17) is 5.73 Å². The van der Waals surface area contributed by atoms with Crippen molar-refractivity contribution in [3.8, 4) is 22.3 Å². The first-order chi connectivity index (χ1) is 13.1. The molecule has 2 N–H and O–H groups in total. The van der Waals surface area contributed by atoms with Gasteiger partial charge >= 0.3 is 0 Å². The van der Waals surface area contributed by atoms with E-state index < -0.39 is 0 Å². The van der Waals surface area contributed by atoms with Crippen molar-refractivity contribution < 1.29 is 0 Å². The van der Waals surface area contributed by atoms with Crippen LogP contribution in [0.4, 0.5) is 11.4 Å². The molecule has 0 spiro atoms. The highest BCUT2D eigenvalue weighted by Gasteiger charge is 2.31. The van der Waals surface area contributed by atoms with E-state index in [2.05, 4.69) is 107 Å². The summed E-state index contributed by atoms with van der Waals surface area (Å²) in [5, 5.41) is 0. The van der Waals surface area contributed by atoms with E-state index in [1.807, 2.05) is 12.1 Å². The lowest BCUT2D eigenvalue weighted by atomic mass is 9.92. The van der Waals surface area contributed by atoms with Crippen LogP contribution in [0.25, 0.3) is 22.3 Å². The van der Waals surface area contributed by atoms with Crippen LogP contribution in [0.15, 0.2) is 72.8 Å². The standard InChI is InChI=1S/C26H32N2/c1-25(2,3)28(26(4,5)6)22-15-12-20(13-16-22)23-17-14-21(27)18-24(23)19-10-8-7-9-11-19/h7-18H,27H2,1-6H3. The Hall–Kier alpha value is -2.74. The Morgan fingerprint density at radius 1 is 0.607 bits per heavy atom. The molecular weight excluding hydrogens is 340 g/mol. The first-order valence-electron chi connectivity index (χ1n) is 9.93. The lowest BCUT2D eigenvalue weighted by molar-refractivity contribution is 0.381. The zero-order valence-corrected chi connectivity index (χ0v) is 18.0. The minimum Gasteiger partial charge on any atom is -0.399 e. The maximum atomic E-state index is 6.10. The first kappa shape index (κ1) is 20.0. The Labute approximate surface area is 170 Å². The summed E-state index contributed by atoms with van der Waals surface area (Å²) in [6, 6.07) is 25.5. The molecule has 3 aromatic rings. The van der Waals surface area contributed by atoms with Crippen molar-refractivity contribution in [3.63, 3.8) is 0 Å². The normalized spacial score (nSPS) is 12.1. The van der Waals surface area contributed by atoms with E-state index in [-0.39, 0.29) is 11.1 Å². The molecule has 0 aliphatic rings. The molecule has 2 nitrogen and oxygen atoms in total. The predicted octanol–water partition coefficient (Wildman–Crippen LogP) is 7.01. The van der Waals surface area contributed by atoms with E-state index in [0.29, 0.717) is 0 Å². The first-order valence-corrected chi connectivity index (χ1v) is 9.93. The van der Waals surface area contributed by atoms with Gasteiger partial charge in [0.1, 0.15) is 0 Å². The molecule has 28 heavy (non-hydrogen) atoms. The molecule has 0 bridgehead atoms. The third kappa shape index (κ3) is 4.22. The summed E-state index contributed by atoms with van der Waals surface area (Å²) in [7, 11) is 0. The van der Waals surface area contributed by atoms with Crippen LogP contribution in [-0.4, -0.2) is 11.1 Å². The largest absolute Gasteiger partial charge is 0.399 e. The van der Waals surface area contributed by atoms with Crippen LogP contribution in [0, 0.1) is 0 Å². The lowest BCUT2D eigenvalue weighted by Crippen LogP contribution is -2.53. The van der Waals surface area contributed by atoms with E-state index in [1.54, 1.807) is 0 Å². The van der Waals surface area contributed by atoms with E-state index in [1.165, 1.54) is 22.4 Å². The zero-order valence-electron chi connectivity index (χ0n) is 18.0.